The highest BCUT2D eigenvalue weighted by molar-refractivity contribution is 5.79. The number of hydrogen-bond donors (Lipinski definition) is 3. The predicted octanol–water partition coefficient (Wildman–Crippen LogP) is 1.15. The Hall–Kier alpha value is -1.75. The van der Waals surface area contributed by atoms with Gasteiger partial charge in [-0.1, -0.05) is 6.07 Å². The highest BCUT2D eigenvalue weighted by Gasteiger charge is 2.15. The summed E-state index contributed by atoms with van der Waals surface area (Å²) in [4.78, 5) is 12.8. The molecule has 0 saturated carbocycles. The quantitative estimate of drug-likeness (QED) is 0.733. The van der Waals surface area contributed by atoms with E-state index in [1.165, 1.54) is 6.07 Å². The fourth-order valence-electron chi connectivity index (χ4n) is 1.80. The second-order valence-corrected chi connectivity index (χ2v) is 4.61. The van der Waals surface area contributed by atoms with Crippen molar-refractivity contribution in [3.05, 3.63) is 23.8 Å². The van der Waals surface area contributed by atoms with E-state index < -0.39 is 12.0 Å². The molecular formula is C13H20N2O3. The topological polar surface area (TPSA) is 86.8 Å². The van der Waals surface area contributed by atoms with Gasteiger partial charge < -0.3 is 20.8 Å². The van der Waals surface area contributed by atoms with Crippen LogP contribution in [-0.4, -0.2) is 28.7 Å². The molecular weight excluding hydrogens is 232 g/mol. The average Bonchev–Trinajstić information content (AvgIpc) is 2.24. The van der Waals surface area contributed by atoms with Gasteiger partial charge in [-0.15, -0.1) is 0 Å². The third kappa shape index (κ3) is 3.37. The van der Waals surface area contributed by atoms with Crippen LogP contribution in [0.2, 0.25) is 0 Å². The van der Waals surface area contributed by atoms with Gasteiger partial charge in [0.15, 0.2) is 0 Å². The molecule has 0 aliphatic heterocycles. The molecule has 0 saturated heterocycles. The Labute approximate surface area is 107 Å². The summed E-state index contributed by atoms with van der Waals surface area (Å²) < 4.78 is 0. The van der Waals surface area contributed by atoms with Crippen molar-refractivity contribution < 1.29 is 15.0 Å². The summed E-state index contributed by atoms with van der Waals surface area (Å²) in [6, 6.07) is 5.01. The summed E-state index contributed by atoms with van der Waals surface area (Å²) in [6.07, 6.45) is -0.734. The molecule has 18 heavy (non-hydrogen) atoms. The first-order valence-electron chi connectivity index (χ1n) is 5.88. The zero-order valence-corrected chi connectivity index (χ0v) is 10.9. The van der Waals surface area contributed by atoms with Crippen molar-refractivity contribution in [3.8, 4) is 5.75 Å². The average molecular weight is 252 g/mol. The summed E-state index contributed by atoms with van der Waals surface area (Å²) in [5.74, 6) is -0.416. The van der Waals surface area contributed by atoms with Crippen LogP contribution in [0.1, 0.15) is 32.4 Å². The van der Waals surface area contributed by atoms with Gasteiger partial charge in [-0.25, -0.2) is 0 Å². The lowest BCUT2D eigenvalue weighted by molar-refractivity contribution is -0.116. The number of aliphatic hydroxyl groups excluding tert-OH is 1. The lowest BCUT2D eigenvalue weighted by Gasteiger charge is -2.28. The van der Waals surface area contributed by atoms with Crippen LogP contribution in [0.4, 0.5) is 5.69 Å². The molecule has 4 N–H and O–H groups in total. The fourth-order valence-corrected chi connectivity index (χ4v) is 1.80. The summed E-state index contributed by atoms with van der Waals surface area (Å²) in [5.41, 5.74) is 6.36. The van der Waals surface area contributed by atoms with Crippen molar-refractivity contribution in [2.75, 3.05) is 11.4 Å². The largest absolute Gasteiger partial charge is 0.507 e. The molecule has 1 amide bonds. The Balaban J connectivity index is 3.07. The third-order valence-corrected chi connectivity index (χ3v) is 2.75. The van der Waals surface area contributed by atoms with Crippen LogP contribution in [0.25, 0.3) is 0 Å². The highest BCUT2D eigenvalue weighted by Crippen LogP contribution is 2.29. The van der Waals surface area contributed by atoms with E-state index in [2.05, 4.69) is 0 Å². The molecule has 0 heterocycles. The Morgan fingerprint density at radius 3 is 2.39 bits per heavy atom. The first-order valence-corrected chi connectivity index (χ1v) is 5.88. The van der Waals surface area contributed by atoms with E-state index in [0.29, 0.717) is 11.3 Å². The van der Waals surface area contributed by atoms with Gasteiger partial charge in [0.1, 0.15) is 5.75 Å². The number of phenolic OH excluding ortho intramolecular Hbond substituents is 1. The minimum atomic E-state index is -0.734. The maximum Gasteiger partial charge on any atom is 0.236 e. The van der Waals surface area contributed by atoms with Gasteiger partial charge >= 0.3 is 0 Å². The number of rotatable bonds is 5. The number of nitrogens with two attached hydrogens (primary N) is 1. The summed E-state index contributed by atoms with van der Waals surface area (Å²) in [7, 11) is 0. The minimum Gasteiger partial charge on any atom is -0.507 e. The molecule has 100 valence electrons. The van der Waals surface area contributed by atoms with E-state index in [0.717, 1.165) is 0 Å². The Morgan fingerprint density at radius 2 is 2.00 bits per heavy atom. The molecule has 1 unspecified atom stereocenters. The lowest BCUT2D eigenvalue weighted by Crippen LogP contribution is -2.38. The molecule has 0 radical (unpaired) electrons. The molecule has 5 nitrogen and oxygen atoms in total. The molecule has 0 aliphatic carbocycles. The van der Waals surface area contributed by atoms with Gasteiger partial charge in [0.25, 0.3) is 0 Å². The summed E-state index contributed by atoms with van der Waals surface area (Å²) >= 11 is 0. The number of carbonyl (C=O) groups excluding carboxylic acids is 1. The third-order valence-electron chi connectivity index (χ3n) is 2.75. The van der Waals surface area contributed by atoms with E-state index in [4.69, 9.17) is 5.73 Å². The molecule has 0 bridgehead atoms. The fraction of sp³-hybridized carbons (Fsp3) is 0.462. The molecule has 1 rings (SSSR count). The van der Waals surface area contributed by atoms with Crippen molar-refractivity contribution in [2.24, 2.45) is 5.73 Å². The lowest BCUT2D eigenvalue weighted by atomic mass is 10.1. The smallest absolute Gasteiger partial charge is 0.236 e. The maximum absolute atomic E-state index is 11.0. The molecule has 1 aromatic rings. The van der Waals surface area contributed by atoms with Crippen LogP contribution in [0.15, 0.2) is 18.2 Å². The Morgan fingerprint density at radius 1 is 1.39 bits per heavy atom. The van der Waals surface area contributed by atoms with E-state index in [1.807, 2.05) is 13.8 Å². The first kappa shape index (κ1) is 14.3. The van der Waals surface area contributed by atoms with Crippen LogP contribution < -0.4 is 10.6 Å². The minimum absolute atomic E-state index is 0.0117. The molecule has 0 aromatic heterocycles. The second kappa shape index (κ2) is 5.73. The maximum atomic E-state index is 11.0. The number of hydrogen-bond acceptors (Lipinski definition) is 4. The SMILES string of the molecule is CC(O)c1ccc(N(CC(N)=O)C(C)C)cc1O. The van der Waals surface area contributed by atoms with Crippen LogP contribution in [0, 0.1) is 0 Å². The van der Waals surface area contributed by atoms with Crippen molar-refractivity contribution in [1.29, 1.82) is 0 Å². The number of benzene rings is 1. The number of aromatic hydroxyl groups is 1. The number of anilines is 1. The van der Waals surface area contributed by atoms with Gasteiger partial charge in [0.2, 0.25) is 5.91 Å². The van der Waals surface area contributed by atoms with Gasteiger partial charge in [-0.2, -0.15) is 0 Å². The standard InChI is InChI=1S/C13H20N2O3/c1-8(2)15(7-13(14)18)10-4-5-11(9(3)16)12(17)6-10/h4-6,8-9,16-17H,7H2,1-3H3,(H2,14,18). The Bertz CT molecular complexity index is 430. The van der Waals surface area contributed by atoms with Crippen LogP contribution in [0.5, 0.6) is 5.75 Å². The molecule has 1 atom stereocenters. The van der Waals surface area contributed by atoms with Crippen LogP contribution in [0.3, 0.4) is 0 Å². The summed E-state index contributed by atoms with van der Waals surface area (Å²) in [6.45, 7) is 5.54. The van der Waals surface area contributed by atoms with Crippen LogP contribution >= 0.6 is 0 Å². The number of carbonyl (C=O) groups is 1. The van der Waals surface area contributed by atoms with Crippen molar-refractivity contribution >= 4 is 11.6 Å². The van der Waals surface area contributed by atoms with Gasteiger partial charge in [-0.3, -0.25) is 4.79 Å². The van der Waals surface area contributed by atoms with Gasteiger partial charge in [0, 0.05) is 23.4 Å². The zero-order valence-electron chi connectivity index (χ0n) is 10.9. The monoisotopic (exact) mass is 252 g/mol. The van der Waals surface area contributed by atoms with Crippen LogP contribution in [-0.2, 0) is 4.79 Å². The van der Waals surface area contributed by atoms with Gasteiger partial charge in [-0.05, 0) is 26.8 Å². The first-order chi connectivity index (χ1) is 8.32. The normalized spacial score (nSPS) is 12.5. The van der Waals surface area contributed by atoms with Crippen molar-refractivity contribution in [2.45, 2.75) is 32.9 Å². The molecule has 0 spiro atoms. The zero-order chi connectivity index (χ0) is 13.9. The Kier molecular flexibility index (Phi) is 4.55. The van der Waals surface area contributed by atoms with Gasteiger partial charge in [0.05, 0.1) is 12.6 Å². The van der Waals surface area contributed by atoms with Crippen molar-refractivity contribution in [1.82, 2.24) is 0 Å². The highest BCUT2D eigenvalue weighted by atomic mass is 16.3. The number of amides is 1. The molecule has 5 heteroatoms. The number of primary amides is 1. The second-order valence-electron chi connectivity index (χ2n) is 4.61. The van der Waals surface area contributed by atoms with E-state index in [1.54, 1.807) is 24.0 Å². The molecule has 0 fully saturated rings. The molecule has 0 aliphatic rings. The number of aliphatic hydroxyl groups is 1. The van der Waals surface area contributed by atoms with E-state index >= 15 is 0 Å². The van der Waals surface area contributed by atoms with Crippen molar-refractivity contribution in [3.63, 3.8) is 0 Å². The van der Waals surface area contributed by atoms with E-state index in [-0.39, 0.29) is 18.3 Å². The number of phenols is 1. The molecule has 1 aromatic carbocycles. The van der Waals surface area contributed by atoms with E-state index in [9.17, 15) is 15.0 Å². The summed E-state index contributed by atoms with van der Waals surface area (Å²) in [5, 5.41) is 19.3. The number of nitrogens with zero attached hydrogens (tertiary/aromatic N) is 1. The predicted molar refractivity (Wildman–Crippen MR) is 70.4 cm³/mol.